The lowest BCUT2D eigenvalue weighted by molar-refractivity contribution is 0.112. The van der Waals surface area contributed by atoms with E-state index in [2.05, 4.69) is 14.7 Å². The van der Waals surface area contributed by atoms with Crippen molar-refractivity contribution >= 4 is 22.0 Å². The molecule has 3 rings (SSSR count). The van der Waals surface area contributed by atoms with Crippen LogP contribution in [0.15, 0.2) is 53.7 Å². The van der Waals surface area contributed by atoms with Gasteiger partial charge in [-0.15, -0.1) is 0 Å². The zero-order chi connectivity index (χ0) is 21.0. The highest BCUT2D eigenvalue weighted by molar-refractivity contribution is 7.92. The SMILES string of the molecule is CCOc1ncc(C)cc1S(=O)(=O)Nc1ccnc(-c2ccc(C=O)cc2F)c1. The summed E-state index contributed by atoms with van der Waals surface area (Å²) in [4.78, 5) is 18.8. The zero-order valence-corrected chi connectivity index (χ0v) is 16.5. The van der Waals surface area contributed by atoms with Gasteiger partial charge in [-0.05, 0) is 49.7 Å². The summed E-state index contributed by atoms with van der Waals surface area (Å²) >= 11 is 0. The third-order valence-electron chi connectivity index (χ3n) is 3.94. The van der Waals surface area contributed by atoms with Crippen molar-refractivity contribution in [3.05, 3.63) is 65.7 Å². The number of aromatic nitrogens is 2. The molecule has 150 valence electrons. The van der Waals surface area contributed by atoms with Crippen molar-refractivity contribution < 1.29 is 22.3 Å². The molecule has 2 aromatic heterocycles. The number of aldehydes is 1. The van der Waals surface area contributed by atoms with Gasteiger partial charge < -0.3 is 4.74 Å². The molecule has 1 N–H and O–H groups in total. The van der Waals surface area contributed by atoms with Crippen LogP contribution in [-0.4, -0.2) is 31.3 Å². The van der Waals surface area contributed by atoms with Crippen molar-refractivity contribution in [1.29, 1.82) is 0 Å². The van der Waals surface area contributed by atoms with Crippen molar-refractivity contribution in [2.24, 2.45) is 0 Å². The summed E-state index contributed by atoms with van der Waals surface area (Å²) in [6.07, 6.45) is 3.41. The minimum absolute atomic E-state index is 0.00428. The van der Waals surface area contributed by atoms with Gasteiger partial charge in [-0.25, -0.2) is 17.8 Å². The Morgan fingerprint density at radius 3 is 2.66 bits per heavy atom. The number of hydrogen-bond donors (Lipinski definition) is 1. The van der Waals surface area contributed by atoms with E-state index in [4.69, 9.17) is 4.74 Å². The van der Waals surface area contributed by atoms with Gasteiger partial charge in [0.1, 0.15) is 17.0 Å². The van der Waals surface area contributed by atoms with Crippen LogP contribution in [0.4, 0.5) is 10.1 Å². The molecule has 29 heavy (non-hydrogen) atoms. The van der Waals surface area contributed by atoms with E-state index >= 15 is 0 Å². The molecule has 1 aromatic carbocycles. The van der Waals surface area contributed by atoms with Gasteiger partial charge in [0.15, 0.2) is 0 Å². The molecule has 0 unspecified atom stereocenters. The number of anilines is 1. The molecule has 0 atom stereocenters. The number of benzene rings is 1. The van der Waals surface area contributed by atoms with Crippen molar-refractivity contribution in [1.82, 2.24) is 9.97 Å². The van der Waals surface area contributed by atoms with Gasteiger partial charge in [0.05, 0.1) is 18.0 Å². The number of nitrogens with zero attached hydrogens (tertiary/aromatic N) is 2. The van der Waals surface area contributed by atoms with Gasteiger partial charge in [0, 0.05) is 23.5 Å². The Bertz CT molecular complexity index is 1170. The lowest BCUT2D eigenvalue weighted by atomic mass is 10.1. The Kier molecular flexibility index (Phi) is 5.88. The molecule has 9 heteroatoms. The second kappa shape index (κ2) is 8.36. The summed E-state index contributed by atoms with van der Waals surface area (Å²) in [6.45, 7) is 3.71. The van der Waals surface area contributed by atoms with Gasteiger partial charge in [-0.3, -0.25) is 14.5 Å². The van der Waals surface area contributed by atoms with Crippen LogP contribution in [0.5, 0.6) is 5.88 Å². The second-order valence-electron chi connectivity index (χ2n) is 6.14. The van der Waals surface area contributed by atoms with Crippen LogP contribution in [-0.2, 0) is 10.0 Å². The molecule has 0 fully saturated rings. The molecule has 0 aliphatic heterocycles. The summed E-state index contributed by atoms with van der Waals surface area (Å²) in [5.41, 5.74) is 1.40. The first kappa shape index (κ1) is 20.4. The molecule has 0 saturated carbocycles. The molecule has 7 nitrogen and oxygen atoms in total. The smallest absolute Gasteiger partial charge is 0.267 e. The zero-order valence-electron chi connectivity index (χ0n) is 15.7. The number of hydrogen-bond acceptors (Lipinski definition) is 6. The van der Waals surface area contributed by atoms with Crippen LogP contribution in [0, 0.1) is 12.7 Å². The van der Waals surface area contributed by atoms with Crippen LogP contribution in [0.3, 0.4) is 0 Å². The highest BCUT2D eigenvalue weighted by Gasteiger charge is 2.22. The van der Waals surface area contributed by atoms with E-state index in [1.807, 2.05) is 0 Å². The predicted molar refractivity (Wildman–Crippen MR) is 106 cm³/mol. The van der Waals surface area contributed by atoms with E-state index in [1.54, 1.807) is 13.8 Å². The maximum atomic E-state index is 14.3. The topological polar surface area (TPSA) is 98.2 Å². The number of rotatable bonds is 7. The summed E-state index contributed by atoms with van der Waals surface area (Å²) in [5.74, 6) is -0.640. The Morgan fingerprint density at radius 1 is 1.17 bits per heavy atom. The minimum Gasteiger partial charge on any atom is -0.477 e. The Hall–Kier alpha value is -3.33. The van der Waals surface area contributed by atoms with E-state index in [0.717, 1.165) is 6.07 Å². The van der Waals surface area contributed by atoms with Gasteiger partial charge in [0.2, 0.25) is 5.88 Å². The summed E-state index contributed by atoms with van der Waals surface area (Å²) in [7, 11) is -4.01. The molecule has 0 spiro atoms. The predicted octanol–water partition coefficient (Wildman–Crippen LogP) is 3.60. The molecule has 0 saturated heterocycles. The van der Waals surface area contributed by atoms with E-state index < -0.39 is 15.8 Å². The minimum atomic E-state index is -4.01. The molecule has 0 aliphatic rings. The average Bonchev–Trinajstić information content (AvgIpc) is 2.69. The maximum Gasteiger partial charge on any atom is 0.267 e. The molecule has 0 radical (unpaired) electrons. The standard InChI is InChI=1S/C20H18FN3O4S/c1-3-28-20-19(8-13(2)11-23-20)29(26,27)24-15-6-7-22-18(10-15)16-5-4-14(12-25)9-17(16)21/h4-12H,3H2,1-2H3,(H,22,24). The monoisotopic (exact) mass is 415 g/mol. The van der Waals surface area contributed by atoms with Gasteiger partial charge in [-0.1, -0.05) is 6.07 Å². The quantitative estimate of drug-likeness (QED) is 0.592. The molecule has 0 bridgehead atoms. The number of sulfonamides is 1. The van der Waals surface area contributed by atoms with Gasteiger partial charge in [-0.2, -0.15) is 0 Å². The maximum absolute atomic E-state index is 14.3. The van der Waals surface area contributed by atoms with Crippen molar-refractivity contribution in [2.75, 3.05) is 11.3 Å². The lowest BCUT2D eigenvalue weighted by Crippen LogP contribution is -2.15. The fourth-order valence-electron chi connectivity index (χ4n) is 2.63. The highest BCUT2D eigenvalue weighted by Crippen LogP contribution is 2.27. The van der Waals surface area contributed by atoms with Crippen molar-refractivity contribution in [3.8, 4) is 17.1 Å². The molecule has 2 heterocycles. The first-order chi connectivity index (χ1) is 13.8. The Labute approximate surface area is 167 Å². The normalized spacial score (nSPS) is 11.1. The van der Waals surface area contributed by atoms with Crippen LogP contribution in [0.25, 0.3) is 11.3 Å². The van der Waals surface area contributed by atoms with E-state index in [0.29, 0.717) is 11.8 Å². The fourth-order valence-corrected chi connectivity index (χ4v) is 3.86. The number of halogens is 1. The fraction of sp³-hybridized carbons (Fsp3) is 0.150. The Morgan fingerprint density at radius 2 is 1.97 bits per heavy atom. The molecular weight excluding hydrogens is 397 g/mol. The van der Waals surface area contributed by atoms with Crippen LogP contribution in [0.2, 0.25) is 0 Å². The average molecular weight is 415 g/mol. The Balaban J connectivity index is 1.96. The van der Waals surface area contributed by atoms with E-state index in [1.165, 1.54) is 42.7 Å². The number of carbonyl (C=O) groups is 1. The van der Waals surface area contributed by atoms with Crippen molar-refractivity contribution in [2.45, 2.75) is 18.7 Å². The molecular formula is C20H18FN3O4S. The van der Waals surface area contributed by atoms with Gasteiger partial charge in [0.25, 0.3) is 10.0 Å². The van der Waals surface area contributed by atoms with Crippen LogP contribution < -0.4 is 9.46 Å². The molecule has 3 aromatic rings. The van der Waals surface area contributed by atoms with Crippen molar-refractivity contribution in [3.63, 3.8) is 0 Å². The third-order valence-corrected chi connectivity index (χ3v) is 5.32. The van der Waals surface area contributed by atoms with E-state index in [9.17, 15) is 17.6 Å². The summed E-state index contributed by atoms with van der Waals surface area (Å²) < 4.78 is 47.8. The number of carbonyl (C=O) groups excluding carboxylic acids is 1. The summed E-state index contributed by atoms with van der Waals surface area (Å²) in [5, 5.41) is 0. The highest BCUT2D eigenvalue weighted by atomic mass is 32.2. The first-order valence-corrected chi connectivity index (χ1v) is 10.2. The number of pyridine rings is 2. The van der Waals surface area contributed by atoms with Crippen LogP contribution >= 0.6 is 0 Å². The molecule has 0 amide bonds. The molecule has 0 aliphatic carbocycles. The second-order valence-corrected chi connectivity index (χ2v) is 7.79. The lowest BCUT2D eigenvalue weighted by Gasteiger charge is -2.13. The van der Waals surface area contributed by atoms with Crippen LogP contribution in [0.1, 0.15) is 22.8 Å². The number of ether oxygens (including phenoxy) is 1. The summed E-state index contributed by atoms with van der Waals surface area (Å²) in [6, 6.07) is 8.27. The first-order valence-electron chi connectivity index (χ1n) is 8.67. The third kappa shape index (κ3) is 4.57. The largest absolute Gasteiger partial charge is 0.477 e. The van der Waals surface area contributed by atoms with E-state index in [-0.39, 0.29) is 39.9 Å². The number of aryl methyl sites for hydroxylation is 1. The van der Waals surface area contributed by atoms with Gasteiger partial charge >= 0.3 is 0 Å². The number of nitrogens with one attached hydrogen (secondary N) is 1.